The fourth-order valence-corrected chi connectivity index (χ4v) is 3.91. The van der Waals surface area contributed by atoms with E-state index in [0.717, 1.165) is 11.6 Å². The molecule has 0 aromatic heterocycles. The van der Waals surface area contributed by atoms with E-state index in [4.69, 9.17) is 9.47 Å². The van der Waals surface area contributed by atoms with Crippen LogP contribution in [-0.4, -0.2) is 29.9 Å². The quantitative estimate of drug-likeness (QED) is 0.582. The van der Waals surface area contributed by atoms with Gasteiger partial charge < -0.3 is 19.7 Å². The molecule has 0 saturated carbocycles. The largest absolute Gasteiger partial charge is 0.497 e. The summed E-state index contributed by atoms with van der Waals surface area (Å²) in [6.45, 7) is 1.81. The molecule has 1 heterocycles. The standard InChI is InChI=1S/C26H24F2N2O4/c1-16-26(32)30(14-18-8-20(27)13-21(28)9-18)15-19-12-22(6-7-24(19)34-16)29-25(31)11-17-4-3-5-23(10-17)33-2/h3-10,12-13,16H,11,14-15H2,1-2H3,(H,29,31). The summed E-state index contributed by atoms with van der Waals surface area (Å²) in [4.78, 5) is 26.9. The van der Waals surface area contributed by atoms with Gasteiger partial charge in [0.05, 0.1) is 13.5 Å². The van der Waals surface area contributed by atoms with Gasteiger partial charge >= 0.3 is 0 Å². The van der Waals surface area contributed by atoms with Gasteiger partial charge in [0.15, 0.2) is 6.10 Å². The van der Waals surface area contributed by atoms with Crippen LogP contribution in [0.5, 0.6) is 11.5 Å². The normalized spacial score (nSPS) is 15.2. The van der Waals surface area contributed by atoms with Gasteiger partial charge in [-0.15, -0.1) is 0 Å². The van der Waals surface area contributed by atoms with Gasteiger partial charge in [-0.25, -0.2) is 8.78 Å². The third-order valence-electron chi connectivity index (χ3n) is 5.46. The summed E-state index contributed by atoms with van der Waals surface area (Å²) in [7, 11) is 1.57. The molecule has 6 nitrogen and oxygen atoms in total. The molecule has 0 radical (unpaired) electrons. The van der Waals surface area contributed by atoms with Crippen LogP contribution in [0.25, 0.3) is 0 Å². The van der Waals surface area contributed by atoms with Gasteiger partial charge in [0.25, 0.3) is 5.91 Å². The Morgan fingerprint density at radius 1 is 1.09 bits per heavy atom. The molecule has 3 aromatic rings. The van der Waals surface area contributed by atoms with E-state index in [-0.39, 0.29) is 31.3 Å². The second-order valence-electron chi connectivity index (χ2n) is 8.13. The third-order valence-corrected chi connectivity index (χ3v) is 5.46. The predicted molar refractivity (Wildman–Crippen MR) is 122 cm³/mol. The zero-order valence-corrected chi connectivity index (χ0v) is 18.8. The second kappa shape index (κ2) is 9.91. The molecule has 8 heteroatoms. The van der Waals surface area contributed by atoms with Crippen LogP contribution in [0.15, 0.2) is 60.7 Å². The molecule has 1 atom stereocenters. The van der Waals surface area contributed by atoms with Crippen molar-refractivity contribution in [2.45, 2.75) is 32.5 Å². The highest BCUT2D eigenvalue weighted by atomic mass is 19.1. The molecule has 0 saturated heterocycles. The molecule has 0 bridgehead atoms. The average Bonchev–Trinajstić information content (AvgIpc) is 2.89. The van der Waals surface area contributed by atoms with E-state index in [1.165, 1.54) is 17.0 Å². The van der Waals surface area contributed by atoms with E-state index in [2.05, 4.69) is 5.32 Å². The van der Waals surface area contributed by atoms with Gasteiger partial charge in [0.1, 0.15) is 23.1 Å². The van der Waals surface area contributed by atoms with Crippen molar-refractivity contribution in [2.75, 3.05) is 12.4 Å². The number of carbonyl (C=O) groups excluding carboxylic acids is 2. The molecule has 1 aliphatic rings. The van der Waals surface area contributed by atoms with Crippen LogP contribution in [0.1, 0.15) is 23.6 Å². The van der Waals surface area contributed by atoms with E-state index in [9.17, 15) is 18.4 Å². The Bertz CT molecular complexity index is 1210. The molecule has 1 aliphatic heterocycles. The Labute approximate surface area is 196 Å². The summed E-state index contributed by atoms with van der Waals surface area (Å²) in [6.07, 6.45) is -0.606. The zero-order chi connectivity index (χ0) is 24.2. The van der Waals surface area contributed by atoms with Crippen LogP contribution in [0.2, 0.25) is 0 Å². The minimum Gasteiger partial charge on any atom is -0.497 e. The van der Waals surface area contributed by atoms with E-state index in [0.29, 0.717) is 28.3 Å². The lowest BCUT2D eigenvalue weighted by Crippen LogP contribution is -2.37. The Morgan fingerprint density at radius 3 is 2.59 bits per heavy atom. The third kappa shape index (κ3) is 5.51. The number of rotatable bonds is 6. The number of fused-ring (bicyclic) bond motifs is 1. The summed E-state index contributed by atoms with van der Waals surface area (Å²) in [5.41, 5.74) is 2.37. The summed E-state index contributed by atoms with van der Waals surface area (Å²) in [5, 5.41) is 2.86. The number of benzene rings is 3. The molecule has 1 N–H and O–H groups in total. The summed E-state index contributed by atoms with van der Waals surface area (Å²) in [6, 6.07) is 15.6. The SMILES string of the molecule is COc1cccc(CC(=O)Nc2ccc3c(c2)CN(Cc2cc(F)cc(F)c2)C(=O)C(C)O3)c1. The van der Waals surface area contributed by atoms with E-state index in [1.54, 1.807) is 44.4 Å². The predicted octanol–water partition coefficient (Wildman–Crippen LogP) is 4.46. The van der Waals surface area contributed by atoms with E-state index < -0.39 is 17.7 Å². The highest BCUT2D eigenvalue weighted by Crippen LogP contribution is 2.29. The van der Waals surface area contributed by atoms with E-state index in [1.807, 2.05) is 12.1 Å². The van der Waals surface area contributed by atoms with Gasteiger partial charge in [-0.3, -0.25) is 9.59 Å². The van der Waals surface area contributed by atoms with Gasteiger partial charge in [-0.05, 0) is 60.5 Å². The second-order valence-corrected chi connectivity index (χ2v) is 8.13. The van der Waals surface area contributed by atoms with Crippen LogP contribution >= 0.6 is 0 Å². The maximum atomic E-state index is 13.6. The first kappa shape index (κ1) is 23.2. The lowest BCUT2D eigenvalue weighted by Gasteiger charge is -2.22. The molecular weight excluding hydrogens is 442 g/mol. The van der Waals surface area contributed by atoms with Crippen molar-refractivity contribution in [1.82, 2.24) is 4.90 Å². The zero-order valence-electron chi connectivity index (χ0n) is 18.8. The average molecular weight is 466 g/mol. The van der Waals surface area contributed by atoms with Gasteiger partial charge in [0, 0.05) is 30.4 Å². The van der Waals surface area contributed by atoms with Gasteiger partial charge in [-0.2, -0.15) is 0 Å². The number of ether oxygens (including phenoxy) is 2. The number of halogens is 2. The molecule has 4 rings (SSSR count). The Balaban J connectivity index is 1.51. The van der Waals surface area contributed by atoms with Crippen molar-refractivity contribution < 1.29 is 27.8 Å². The van der Waals surface area contributed by atoms with Crippen molar-refractivity contribution in [3.05, 3.63) is 89.0 Å². The number of nitrogens with zero attached hydrogens (tertiary/aromatic N) is 1. The molecule has 0 aliphatic carbocycles. The number of hydrogen-bond acceptors (Lipinski definition) is 4. The molecule has 1 unspecified atom stereocenters. The first-order valence-corrected chi connectivity index (χ1v) is 10.8. The molecular formula is C26H24F2N2O4. The maximum absolute atomic E-state index is 13.6. The number of carbonyl (C=O) groups is 2. The first-order valence-electron chi connectivity index (χ1n) is 10.8. The summed E-state index contributed by atoms with van der Waals surface area (Å²) >= 11 is 0. The Morgan fingerprint density at radius 2 is 1.85 bits per heavy atom. The smallest absolute Gasteiger partial charge is 0.263 e. The van der Waals surface area contributed by atoms with Crippen molar-refractivity contribution in [3.63, 3.8) is 0 Å². The van der Waals surface area contributed by atoms with Crippen LogP contribution in [0.3, 0.4) is 0 Å². The molecule has 34 heavy (non-hydrogen) atoms. The van der Waals surface area contributed by atoms with Crippen LogP contribution in [-0.2, 0) is 29.1 Å². The number of anilines is 1. The monoisotopic (exact) mass is 466 g/mol. The minimum atomic E-state index is -0.770. The lowest BCUT2D eigenvalue weighted by atomic mass is 10.1. The minimum absolute atomic E-state index is 0.0209. The lowest BCUT2D eigenvalue weighted by molar-refractivity contribution is -0.138. The molecule has 2 amide bonds. The topological polar surface area (TPSA) is 67.9 Å². The molecule has 176 valence electrons. The van der Waals surface area contributed by atoms with Crippen LogP contribution < -0.4 is 14.8 Å². The van der Waals surface area contributed by atoms with Crippen molar-refractivity contribution in [1.29, 1.82) is 0 Å². The fourth-order valence-electron chi connectivity index (χ4n) is 3.91. The van der Waals surface area contributed by atoms with Crippen molar-refractivity contribution in [3.8, 4) is 11.5 Å². The Hall–Kier alpha value is -3.94. The summed E-state index contributed by atoms with van der Waals surface area (Å²) < 4.78 is 38.3. The molecule has 0 spiro atoms. The summed E-state index contributed by atoms with van der Waals surface area (Å²) in [5.74, 6) is -0.737. The van der Waals surface area contributed by atoms with Gasteiger partial charge in [0.2, 0.25) is 5.91 Å². The maximum Gasteiger partial charge on any atom is 0.263 e. The molecule has 0 fully saturated rings. The number of nitrogens with one attached hydrogen (secondary N) is 1. The number of methoxy groups -OCH3 is 1. The highest BCUT2D eigenvalue weighted by Gasteiger charge is 2.28. The number of hydrogen-bond donors (Lipinski definition) is 1. The number of amides is 2. The molecule has 3 aromatic carbocycles. The van der Waals surface area contributed by atoms with Crippen molar-refractivity contribution >= 4 is 17.5 Å². The highest BCUT2D eigenvalue weighted by molar-refractivity contribution is 5.92. The van der Waals surface area contributed by atoms with Crippen LogP contribution in [0.4, 0.5) is 14.5 Å². The Kier molecular flexibility index (Phi) is 6.77. The van der Waals surface area contributed by atoms with Crippen molar-refractivity contribution in [2.24, 2.45) is 0 Å². The van der Waals surface area contributed by atoms with Crippen LogP contribution in [0, 0.1) is 11.6 Å². The van der Waals surface area contributed by atoms with Gasteiger partial charge in [-0.1, -0.05) is 12.1 Å². The fraction of sp³-hybridized carbons (Fsp3) is 0.231. The first-order chi connectivity index (χ1) is 16.3. The van der Waals surface area contributed by atoms with E-state index >= 15 is 0 Å².